The molecule has 0 aliphatic heterocycles. The number of nitrogens with two attached hydrogens (primary N) is 1. The van der Waals surface area contributed by atoms with E-state index in [4.69, 9.17) is 17.3 Å². The van der Waals surface area contributed by atoms with Gasteiger partial charge in [0.1, 0.15) is 5.82 Å². The predicted octanol–water partition coefficient (Wildman–Crippen LogP) is 3.23. The van der Waals surface area contributed by atoms with Gasteiger partial charge in [0.25, 0.3) is 0 Å². The molecule has 0 fully saturated rings. The monoisotopic (exact) mass is 213 g/mol. The van der Waals surface area contributed by atoms with Gasteiger partial charge in [0.05, 0.1) is 5.02 Å². The molecule has 1 aromatic rings. The normalized spacial score (nSPS) is 14.2. The molecule has 14 heavy (non-hydrogen) atoms. The van der Waals surface area contributed by atoms with Gasteiger partial charge in [0, 0.05) is 6.04 Å². The Morgan fingerprint density at radius 2 is 2.21 bits per heavy atom. The van der Waals surface area contributed by atoms with E-state index >= 15 is 0 Å². The minimum atomic E-state index is -0.328. The average molecular weight is 214 g/mol. The fraction of sp³-hybridized carbons (Fsp3) is 0.273. The zero-order chi connectivity index (χ0) is 10.7. The second-order valence-electron chi connectivity index (χ2n) is 3.34. The van der Waals surface area contributed by atoms with E-state index in [1.165, 1.54) is 12.1 Å². The summed E-state index contributed by atoms with van der Waals surface area (Å²) in [5, 5.41) is 0.407. The molecule has 0 aliphatic carbocycles. The van der Waals surface area contributed by atoms with Crippen molar-refractivity contribution in [3.05, 3.63) is 40.2 Å². The summed E-state index contributed by atoms with van der Waals surface area (Å²) in [6.07, 6.45) is 1.87. The van der Waals surface area contributed by atoms with Gasteiger partial charge < -0.3 is 5.73 Å². The second-order valence-corrected chi connectivity index (χ2v) is 3.75. The Morgan fingerprint density at radius 1 is 1.57 bits per heavy atom. The Bertz CT molecular complexity index is 358. The molecule has 0 bridgehead atoms. The maximum atomic E-state index is 12.7. The molecule has 0 aromatic heterocycles. The van der Waals surface area contributed by atoms with Gasteiger partial charge in [-0.15, -0.1) is 0 Å². The molecule has 1 rings (SSSR count). The molecule has 1 unspecified atom stereocenters. The maximum Gasteiger partial charge on any atom is 0.124 e. The molecule has 3 heteroatoms. The van der Waals surface area contributed by atoms with Gasteiger partial charge in [-0.25, -0.2) is 4.39 Å². The van der Waals surface area contributed by atoms with Crippen LogP contribution in [0.1, 0.15) is 19.4 Å². The first kappa shape index (κ1) is 11.2. The van der Waals surface area contributed by atoms with Crippen molar-refractivity contribution in [3.8, 4) is 0 Å². The molecule has 0 aliphatic rings. The summed E-state index contributed by atoms with van der Waals surface area (Å²) in [6.45, 7) is 3.81. The number of hydrogen-bond donors (Lipinski definition) is 1. The second kappa shape index (κ2) is 4.58. The molecule has 0 spiro atoms. The lowest BCUT2D eigenvalue weighted by Gasteiger charge is -2.06. The summed E-state index contributed by atoms with van der Waals surface area (Å²) in [4.78, 5) is 0. The first-order valence-corrected chi connectivity index (χ1v) is 4.77. The van der Waals surface area contributed by atoms with Crippen LogP contribution >= 0.6 is 11.6 Å². The number of halogens is 2. The predicted molar refractivity (Wildman–Crippen MR) is 58.7 cm³/mol. The largest absolute Gasteiger partial charge is 0.324 e. The Kier molecular flexibility index (Phi) is 3.67. The minimum Gasteiger partial charge on any atom is -0.324 e. The first-order valence-electron chi connectivity index (χ1n) is 4.39. The van der Waals surface area contributed by atoms with Crippen molar-refractivity contribution in [1.82, 2.24) is 0 Å². The number of benzene rings is 1. The summed E-state index contributed by atoms with van der Waals surface area (Å²) < 4.78 is 12.7. The Hall–Kier alpha value is -0.860. The zero-order valence-electron chi connectivity index (χ0n) is 8.22. The summed E-state index contributed by atoms with van der Waals surface area (Å²) >= 11 is 5.85. The van der Waals surface area contributed by atoms with Crippen LogP contribution in [0.5, 0.6) is 0 Å². The third-order valence-electron chi connectivity index (χ3n) is 2.06. The van der Waals surface area contributed by atoms with E-state index in [0.29, 0.717) is 5.02 Å². The molecule has 1 atom stereocenters. The molecule has 2 N–H and O–H groups in total. The molecule has 0 saturated heterocycles. The Labute approximate surface area is 88.4 Å². The van der Waals surface area contributed by atoms with E-state index in [9.17, 15) is 4.39 Å². The van der Waals surface area contributed by atoms with Gasteiger partial charge in [0.15, 0.2) is 0 Å². The van der Waals surface area contributed by atoms with Crippen molar-refractivity contribution in [3.63, 3.8) is 0 Å². The fourth-order valence-electron chi connectivity index (χ4n) is 0.995. The van der Waals surface area contributed by atoms with Crippen LogP contribution in [0.4, 0.5) is 4.39 Å². The van der Waals surface area contributed by atoms with Crippen LogP contribution < -0.4 is 5.73 Å². The molecule has 0 radical (unpaired) electrons. The average Bonchev–Trinajstić information content (AvgIpc) is 2.09. The highest BCUT2D eigenvalue weighted by atomic mass is 35.5. The van der Waals surface area contributed by atoms with Crippen molar-refractivity contribution in [2.75, 3.05) is 0 Å². The summed E-state index contributed by atoms with van der Waals surface area (Å²) in [6, 6.07) is 4.30. The third-order valence-corrected chi connectivity index (χ3v) is 2.39. The van der Waals surface area contributed by atoms with E-state index in [-0.39, 0.29) is 11.9 Å². The fourth-order valence-corrected chi connectivity index (χ4v) is 1.22. The molecular weight excluding hydrogens is 201 g/mol. The lowest BCUT2D eigenvalue weighted by molar-refractivity contribution is 0.628. The molecule has 1 nitrogen and oxygen atoms in total. The maximum absolute atomic E-state index is 12.7. The highest BCUT2D eigenvalue weighted by Crippen LogP contribution is 2.20. The van der Waals surface area contributed by atoms with Gasteiger partial charge >= 0.3 is 0 Å². The van der Waals surface area contributed by atoms with E-state index < -0.39 is 0 Å². The smallest absolute Gasteiger partial charge is 0.124 e. The van der Waals surface area contributed by atoms with Crippen LogP contribution in [0.3, 0.4) is 0 Å². The molecular formula is C11H13ClFN. The SMILES string of the molecule is C/C(=C\c1ccc(F)cc1Cl)C(C)N. The minimum absolute atomic E-state index is 0.0175. The lowest BCUT2D eigenvalue weighted by Crippen LogP contribution is -2.15. The van der Waals surface area contributed by atoms with E-state index in [0.717, 1.165) is 11.1 Å². The van der Waals surface area contributed by atoms with Crippen molar-refractivity contribution in [1.29, 1.82) is 0 Å². The molecule has 76 valence electrons. The van der Waals surface area contributed by atoms with Crippen LogP contribution in [-0.2, 0) is 0 Å². The summed E-state index contributed by atoms with van der Waals surface area (Å²) in [7, 11) is 0. The van der Waals surface area contributed by atoms with Gasteiger partial charge in [-0.2, -0.15) is 0 Å². The first-order chi connectivity index (χ1) is 6.50. The zero-order valence-corrected chi connectivity index (χ0v) is 8.98. The lowest BCUT2D eigenvalue weighted by atomic mass is 10.1. The Morgan fingerprint density at radius 3 is 2.71 bits per heavy atom. The quantitative estimate of drug-likeness (QED) is 0.802. The molecule has 0 saturated carbocycles. The van der Waals surface area contributed by atoms with Crippen LogP contribution in [0.25, 0.3) is 6.08 Å². The van der Waals surface area contributed by atoms with E-state index in [2.05, 4.69) is 0 Å². The Balaban J connectivity index is 3.03. The van der Waals surface area contributed by atoms with Gasteiger partial charge in [-0.1, -0.05) is 29.3 Å². The van der Waals surface area contributed by atoms with Crippen molar-refractivity contribution in [2.45, 2.75) is 19.9 Å². The van der Waals surface area contributed by atoms with Gasteiger partial charge in [-0.05, 0) is 31.5 Å². The molecule has 1 aromatic carbocycles. The van der Waals surface area contributed by atoms with Gasteiger partial charge in [0.2, 0.25) is 0 Å². The van der Waals surface area contributed by atoms with Crippen LogP contribution in [0.2, 0.25) is 5.02 Å². The molecule has 0 amide bonds. The summed E-state index contributed by atoms with van der Waals surface area (Å²) in [5.74, 6) is -0.328. The highest BCUT2D eigenvalue weighted by Gasteiger charge is 2.01. The van der Waals surface area contributed by atoms with Crippen molar-refractivity contribution >= 4 is 17.7 Å². The third kappa shape index (κ3) is 2.82. The number of hydrogen-bond acceptors (Lipinski definition) is 1. The number of rotatable bonds is 2. The van der Waals surface area contributed by atoms with Crippen LogP contribution in [-0.4, -0.2) is 6.04 Å². The summed E-state index contributed by atoms with van der Waals surface area (Å²) in [5.41, 5.74) is 7.49. The van der Waals surface area contributed by atoms with Crippen molar-refractivity contribution < 1.29 is 4.39 Å². The standard InChI is InChI=1S/C11H13ClFN/c1-7(8(2)14)5-9-3-4-10(13)6-11(9)12/h3-6,8H,14H2,1-2H3/b7-5+. The molecule has 0 heterocycles. The topological polar surface area (TPSA) is 26.0 Å². The van der Waals surface area contributed by atoms with E-state index in [1.807, 2.05) is 19.9 Å². The highest BCUT2D eigenvalue weighted by molar-refractivity contribution is 6.32. The van der Waals surface area contributed by atoms with Crippen LogP contribution in [0, 0.1) is 5.82 Å². The van der Waals surface area contributed by atoms with Crippen molar-refractivity contribution in [2.24, 2.45) is 5.73 Å². The van der Waals surface area contributed by atoms with Crippen LogP contribution in [0.15, 0.2) is 23.8 Å². The van der Waals surface area contributed by atoms with Gasteiger partial charge in [-0.3, -0.25) is 0 Å². The van der Waals surface area contributed by atoms with E-state index in [1.54, 1.807) is 6.07 Å².